The molecule has 0 aliphatic rings. The molecule has 0 aliphatic carbocycles. The Labute approximate surface area is 170 Å². The highest BCUT2D eigenvalue weighted by Gasteiger charge is 2.42. The van der Waals surface area contributed by atoms with Gasteiger partial charge in [-0.1, -0.05) is 56.3 Å². The van der Waals surface area contributed by atoms with Gasteiger partial charge in [0.15, 0.2) is 5.78 Å². The minimum atomic E-state index is -1.51. The van der Waals surface area contributed by atoms with Crippen molar-refractivity contribution in [3.8, 4) is 11.5 Å². The minimum Gasteiger partial charge on any atom is -0.497 e. The number of ether oxygens (including phenoxy) is 2. The Morgan fingerprint density at radius 1 is 0.966 bits per heavy atom. The summed E-state index contributed by atoms with van der Waals surface area (Å²) in [6.07, 6.45) is 0. The van der Waals surface area contributed by atoms with Crippen LogP contribution in [0.4, 0.5) is 0 Å². The highest BCUT2D eigenvalue weighted by atomic mass is 16.5. The van der Waals surface area contributed by atoms with Crippen LogP contribution in [0.25, 0.3) is 10.8 Å². The van der Waals surface area contributed by atoms with Crippen molar-refractivity contribution in [1.29, 1.82) is 0 Å². The first-order chi connectivity index (χ1) is 13.8. The summed E-state index contributed by atoms with van der Waals surface area (Å²) in [6, 6.07) is 18.2. The number of hydrogen-bond acceptors (Lipinski definition) is 5. The van der Waals surface area contributed by atoms with Gasteiger partial charge in [-0.2, -0.15) is 0 Å². The summed E-state index contributed by atoms with van der Waals surface area (Å²) in [4.78, 5) is 25.3. The van der Waals surface area contributed by atoms with E-state index in [1.165, 1.54) is 6.92 Å². The molecule has 29 heavy (non-hydrogen) atoms. The predicted octanol–water partition coefficient (Wildman–Crippen LogP) is 4.20. The van der Waals surface area contributed by atoms with E-state index in [4.69, 9.17) is 15.2 Å². The van der Waals surface area contributed by atoms with E-state index in [9.17, 15) is 9.59 Å². The van der Waals surface area contributed by atoms with Crippen LogP contribution in [-0.2, 0) is 15.1 Å². The van der Waals surface area contributed by atoms with Gasteiger partial charge in [-0.25, -0.2) is 0 Å². The van der Waals surface area contributed by atoms with Gasteiger partial charge in [0.1, 0.15) is 17.0 Å². The topological polar surface area (TPSA) is 78.6 Å². The summed E-state index contributed by atoms with van der Waals surface area (Å²) < 4.78 is 10.7. The fourth-order valence-corrected chi connectivity index (χ4v) is 3.62. The van der Waals surface area contributed by atoms with E-state index in [0.717, 1.165) is 10.8 Å². The number of Topliss-reactive ketones (excluding diaryl/α,β-unsaturated/α-hetero) is 1. The number of ketones is 1. The second-order valence-corrected chi connectivity index (χ2v) is 7.31. The Balaban J connectivity index is 2.39. The fraction of sp³-hybridized carbons (Fsp3) is 0.250. The van der Waals surface area contributed by atoms with E-state index < -0.39 is 11.5 Å². The number of rotatable bonds is 6. The number of methoxy groups -OCH3 is 1. The molecule has 2 N–H and O–H groups in total. The van der Waals surface area contributed by atoms with E-state index in [2.05, 4.69) is 0 Å². The summed E-state index contributed by atoms with van der Waals surface area (Å²) >= 11 is 0. The molecule has 0 fully saturated rings. The molecule has 3 aromatic carbocycles. The van der Waals surface area contributed by atoms with Gasteiger partial charge in [0.05, 0.1) is 7.11 Å². The zero-order valence-electron chi connectivity index (χ0n) is 17.1. The first kappa shape index (κ1) is 20.6. The lowest BCUT2D eigenvalue weighted by Crippen LogP contribution is -2.48. The van der Waals surface area contributed by atoms with Gasteiger partial charge in [-0.15, -0.1) is 0 Å². The van der Waals surface area contributed by atoms with Gasteiger partial charge in [0.2, 0.25) is 0 Å². The van der Waals surface area contributed by atoms with Crippen LogP contribution in [0.3, 0.4) is 0 Å². The Bertz CT molecular complexity index is 1060. The number of hydrogen-bond donors (Lipinski definition) is 1. The standard InChI is InChI=1S/C24H25NO4/c1-15(2)23(27)24(25,18-10-12-19(28-4)13-11-18)22-20-8-6-5-7-17(20)9-14-21(22)29-16(3)26/h5-15H,25H2,1-4H3. The van der Waals surface area contributed by atoms with Crippen LogP contribution in [0.2, 0.25) is 0 Å². The van der Waals surface area contributed by atoms with Gasteiger partial charge in [0.25, 0.3) is 0 Å². The third-order valence-corrected chi connectivity index (χ3v) is 5.00. The van der Waals surface area contributed by atoms with Crippen LogP contribution in [0.5, 0.6) is 11.5 Å². The quantitative estimate of drug-likeness (QED) is 0.503. The molecule has 0 amide bonds. The number of nitrogens with two attached hydrogens (primary N) is 1. The highest BCUT2D eigenvalue weighted by molar-refractivity contribution is 6.01. The first-order valence-electron chi connectivity index (χ1n) is 9.47. The van der Waals surface area contributed by atoms with Crippen molar-refractivity contribution in [3.63, 3.8) is 0 Å². The summed E-state index contributed by atoms with van der Waals surface area (Å²) in [5.74, 6) is -0.0518. The summed E-state index contributed by atoms with van der Waals surface area (Å²) in [5, 5.41) is 1.66. The molecule has 0 aromatic heterocycles. The SMILES string of the molecule is COc1ccc(C(N)(C(=O)C(C)C)c2c(OC(C)=O)ccc3ccccc23)cc1. The van der Waals surface area contributed by atoms with Crippen molar-refractivity contribution >= 4 is 22.5 Å². The van der Waals surface area contributed by atoms with Crippen molar-refractivity contribution in [2.45, 2.75) is 26.3 Å². The number of carbonyl (C=O) groups is 2. The monoisotopic (exact) mass is 391 g/mol. The molecule has 3 rings (SSSR count). The molecule has 1 unspecified atom stereocenters. The highest BCUT2D eigenvalue weighted by Crippen LogP contribution is 2.41. The average Bonchev–Trinajstić information content (AvgIpc) is 2.72. The molecule has 0 saturated heterocycles. The second kappa shape index (κ2) is 8.05. The summed E-state index contributed by atoms with van der Waals surface area (Å²) in [6.45, 7) is 4.95. The largest absolute Gasteiger partial charge is 0.497 e. The van der Waals surface area contributed by atoms with Crippen molar-refractivity contribution in [2.24, 2.45) is 11.7 Å². The fourth-order valence-electron chi connectivity index (χ4n) is 3.62. The van der Waals surface area contributed by atoms with Gasteiger partial charge in [-0.05, 0) is 34.5 Å². The van der Waals surface area contributed by atoms with Crippen molar-refractivity contribution in [1.82, 2.24) is 0 Å². The zero-order chi connectivity index (χ0) is 21.2. The smallest absolute Gasteiger partial charge is 0.308 e. The Kier molecular flexibility index (Phi) is 5.71. The van der Waals surface area contributed by atoms with Crippen LogP contribution < -0.4 is 15.2 Å². The molecular weight excluding hydrogens is 366 g/mol. The lowest BCUT2D eigenvalue weighted by Gasteiger charge is -2.33. The molecule has 0 saturated carbocycles. The van der Waals surface area contributed by atoms with Crippen LogP contribution in [-0.4, -0.2) is 18.9 Å². The Morgan fingerprint density at radius 3 is 2.21 bits per heavy atom. The molecule has 0 spiro atoms. The molecule has 0 aliphatic heterocycles. The van der Waals surface area contributed by atoms with Crippen LogP contribution in [0.15, 0.2) is 60.7 Å². The van der Waals surface area contributed by atoms with E-state index in [1.807, 2.05) is 44.2 Å². The molecule has 1 atom stereocenters. The molecule has 3 aromatic rings. The molecule has 0 bridgehead atoms. The normalized spacial score (nSPS) is 13.2. The lowest BCUT2D eigenvalue weighted by atomic mass is 9.74. The van der Waals surface area contributed by atoms with Crippen LogP contribution >= 0.6 is 0 Å². The van der Waals surface area contributed by atoms with Gasteiger partial charge < -0.3 is 15.2 Å². The maximum Gasteiger partial charge on any atom is 0.308 e. The van der Waals surface area contributed by atoms with Crippen molar-refractivity contribution < 1.29 is 19.1 Å². The van der Waals surface area contributed by atoms with E-state index in [1.54, 1.807) is 37.4 Å². The number of fused-ring (bicyclic) bond motifs is 1. The summed E-state index contributed by atoms with van der Waals surface area (Å²) in [7, 11) is 1.58. The molecule has 5 nitrogen and oxygen atoms in total. The predicted molar refractivity (Wildman–Crippen MR) is 113 cm³/mol. The van der Waals surface area contributed by atoms with E-state index in [0.29, 0.717) is 16.9 Å². The third-order valence-electron chi connectivity index (χ3n) is 5.00. The van der Waals surface area contributed by atoms with Crippen molar-refractivity contribution in [3.05, 3.63) is 71.8 Å². The second-order valence-electron chi connectivity index (χ2n) is 7.31. The zero-order valence-corrected chi connectivity index (χ0v) is 17.1. The average molecular weight is 391 g/mol. The molecule has 0 heterocycles. The third kappa shape index (κ3) is 3.74. The lowest BCUT2D eigenvalue weighted by molar-refractivity contribution is -0.132. The van der Waals surface area contributed by atoms with Crippen molar-refractivity contribution in [2.75, 3.05) is 7.11 Å². The maximum atomic E-state index is 13.5. The van der Waals surface area contributed by atoms with Gasteiger partial charge in [-0.3, -0.25) is 9.59 Å². The van der Waals surface area contributed by atoms with E-state index in [-0.39, 0.29) is 17.5 Å². The number of esters is 1. The molecule has 5 heteroatoms. The van der Waals surface area contributed by atoms with Gasteiger partial charge >= 0.3 is 5.97 Å². The maximum absolute atomic E-state index is 13.5. The first-order valence-corrected chi connectivity index (χ1v) is 9.47. The molecule has 150 valence electrons. The molecule has 0 radical (unpaired) electrons. The minimum absolute atomic E-state index is 0.174. The number of benzene rings is 3. The summed E-state index contributed by atoms with van der Waals surface area (Å²) in [5.41, 5.74) is 6.51. The van der Waals surface area contributed by atoms with Gasteiger partial charge in [0, 0.05) is 18.4 Å². The molecular formula is C24H25NO4. The van der Waals surface area contributed by atoms with E-state index >= 15 is 0 Å². The Morgan fingerprint density at radius 2 is 1.62 bits per heavy atom. The number of carbonyl (C=O) groups excluding carboxylic acids is 2. The van der Waals surface area contributed by atoms with Crippen LogP contribution in [0, 0.1) is 5.92 Å². The van der Waals surface area contributed by atoms with Crippen LogP contribution in [0.1, 0.15) is 31.9 Å². The Hall–Kier alpha value is -3.18.